The minimum absolute atomic E-state index is 0.308. The Kier molecular flexibility index (Phi) is 3.28. The van der Waals surface area contributed by atoms with Gasteiger partial charge >= 0.3 is 5.97 Å². The predicted molar refractivity (Wildman–Crippen MR) is 77.1 cm³/mol. The van der Waals surface area contributed by atoms with Crippen molar-refractivity contribution in [3.63, 3.8) is 0 Å². The Bertz CT molecular complexity index is 749. The van der Waals surface area contributed by atoms with Crippen LogP contribution in [0.4, 0.5) is 5.69 Å². The number of anilines is 1. The third-order valence-corrected chi connectivity index (χ3v) is 3.69. The Hall–Kier alpha value is -2.87. The molecule has 0 bridgehead atoms. The number of pyridine rings is 1. The monoisotopic (exact) mass is 279 g/mol. The number of carboxylic acid groups (broad SMARTS) is 1. The Morgan fingerprint density at radius 1 is 1.29 bits per heavy atom. The van der Waals surface area contributed by atoms with Gasteiger partial charge in [0, 0.05) is 25.0 Å². The van der Waals surface area contributed by atoms with Gasteiger partial charge in [-0.2, -0.15) is 5.26 Å². The Balaban J connectivity index is 1.91. The molecule has 0 aliphatic carbocycles. The zero-order valence-corrected chi connectivity index (χ0v) is 11.3. The fourth-order valence-corrected chi connectivity index (χ4v) is 2.59. The Morgan fingerprint density at radius 2 is 2.14 bits per heavy atom. The molecular formula is C16H13N3O2. The molecule has 0 radical (unpaired) electrons. The maximum absolute atomic E-state index is 11.1. The minimum atomic E-state index is -0.911. The lowest BCUT2D eigenvalue weighted by atomic mass is 9.97. The minimum Gasteiger partial charge on any atom is -0.478 e. The largest absolute Gasteiger partial charge is 0.478 e. The lowest BCUT2D eigenvalue weighted by Crippen LogP contribution is -2.30. The molecule has 104 valence electrons. The molecule has 5 nitrogen and oxygen atoms in total. The summed E-state index contributed by atoms with van der Waals surface area (Å²) >= 11 is 0. The highest BCUT2D eigenvalue weighted by Gasteiger charge is 2.18. The Morgan fingerprint density at radius 3 is 2.90 bits per heavy atom. The van der Waals surface area contributed by atoms with Crippen molar-refractivity contribution < 1.29 is 9.90 Å². The van der Waals surface area contributed by atoms with Crippen LogP contribution in [-0.4, -0.2) is 22.6 Å². The van der Waals surface area contributed by atoms with E-state index >= 15 is 0 Å². The summed E-state index contributed by atoms with van der Waals surface area (Å²) in [5, 5.41) is 18.0. The number of benzene rings is 1. The fraction of sp³-hybridized carbons (Fsp3) is 0.188. The van der Waals surface area contributed by atoms with Gasteiger partial charge in [-0.1, -0.05) is 6.07 Å². The summed E-state index contributed by atoms with van der Waals surface area (Å²) in [6.45, 7) is 1.49. The molecule has 3 rings (SSSR count). The van der Waals surface area contributed by atoms with Gasteiger partial charge in [-0.05, 0) is 41.8 Å². The van der Waals surface area contributed by atoms with Crippen LogP contribution in [0.1, 0.15) is 27.2 Å². The van der Waals surface area contributed by atoms with Crippen molar-refractivity contribution in [1.29, 1.82) is 5.26 Å². The third kappa shape index (κ3) is 2.56. The fourth-order valence-electron chi connectivity index (χ4n) is 2.59. The van der Waals surface area contributed by atoms with E-state index in [0.717, 1.165) is 24.2 Å². The number of hydrogen-bond donors (Lipinski definition) is 1. The molecule has 1 aliphatic rings. The van der Waals surface area contributed by atoms with E-state index in [1.165, 1.54) is 5.56 Å². The molecule has 1 aromatic carbocycles. The number of rotatable bonds is 2. The summed E-state index contributed by atoms with van der Waals surface area (Å²) in [4.78, 5) is 17.2. The molecule has 1 aliphatic heterocycles. The number of fused-ring (bicyclic) bond motifs is 1. The second-order valence-electron chi connectivity index (χ2n) is 4.97. The van der Waals surface area contributed by atoms with Crippen LogP contribution in [0.2, 0.25) is 0 Å². The summed E-state index contributed by atoms with van der Waals surface area (Å²) in [6.07, 6.45) is 2.48. The molecule has 21 heavy (non-hydrogen) atoms. The van der Waals surface area contributed by atoms with Crippen LogP contribution < -0.4 is 4.90 Å². The van der Waals surface area contributed by atoms with Crippen LogP contribution in [0.15, 0.2) is 36.5 Å². The number of hydrogen-bond acceptors (Lipinski definition) is 4. The molecule has 2 aromatic rings. The maximum Gasteiger partial charge on any atom is 0.335 e. The number of nitriles is 1. The first-order valence-corrected chi connectivity index (χ1v) is 6.63. The van der Waals surface area contributed by atoms with Gasteiger partial charge in [-0.25, -0.2) is 9.78 Å². The van der Waals surface area contributed by atoms with Gasteiger partial charge in [0.25, 0.3) is 0 Å². The van der Waals surface area contributed by atoms with E-state index in [0.29, 0.717) is 17.8 Å². The average molecular weight is 279 g/mol. The third-order valence-electron chi connectivity index (χ3n) is 3.69. The van der Waals surface area contributed by atoms with E-state index in [-0.39, 0.29) is 0 Å². The van der Waals surface area contributed by atoms with Gasteiger partial charge in [0.1, 0.15) is 11.8 Å². The van der Waals surface area contributed by atoms with Crippen molar-refractivity contribution >= 4 is 11.7 Å². The summed E-state index contributed by atoms with van der Waals surface area (Å²) in [5.74, 6) is -0.911. The van der Waals surface area contributed by atoms with E-state index in [1.54, 1.807) is 24.4 Å². The van der Waals surface area contributed by atoms with Gasteiger partial charge in [0.2, 0.25) is 0 Å². The van der Waals surface area contributed by atoms with E-state index in [4.69, 9.17) is 10.4 Å². The van der Waals surface area contributed by atoms with Crippen molar-refractivity contribution in [2.75, 3.05) is 11.4 Å². The molecule has 5 heteroatoms. The first-order valence-electron chi connectivity index (χ1n) is 6.63. The maximum atomic E-state index is 11.1. The van der Waals surface area contributed by atoms with Crippen LogP contribution in [0.25, 0.3) is 0 Å². The number of carboxylic acids is 1. The first kappa shape index (κ1) is 13.1. The number of aromatic nitrogens is 1. The second kappa shape index (κ2) is 5.25. The van der Waals surface area contributed by atoms with Gasteiger partial charge in [-0.3, -0.25) is 0 Å². The smallest absolute Gasteiger partial charge is 0.335 e. The topological polar surface area (TPSA) is 77.2 Å². The molecule has 0 saturated heterocycles. The van der Waals surface area contributed by atoms with Gasteiger partial charge in [0.15, 0.2) is 0 Å². The lowest BCUT2D eigenvalue weighted by Gasteiger charge is -2.30. The van der Waals surface area contributed by atoms with Gasteiger partial charge in [-0.15, -0.1) is 0 Å². The molecule has 1 aromatic heterocycles. The highest BCUT2D eigenvalue weighted by Crippen LogP contribution is 2.25. The van der Waals surface area contributed by atoms with Gasteiger partial charge in [0.05, 0.1) is 5.56 Å². The van der Waals surface area contributed by atoms with Crippen LogP contribution in [-0.2, 0) is 13.0 Å². The summed E-state index contributed by atoms with van der Waals surface area (Å²) in [6, 6.07) is 10.9. The number of aromatic carboxylic acids is 1. The standard InChI is InChI=1S/C16H13N3O2/c17-9-14-8-15(3-5-18-14)19-6-4-11-1-2-12(16(20)21)7-13(11)10-19/h1-3,5,7-8H,4,6,10H2,(H,20,21). The summed E-state index contributed by atoms with van der Waals surface area (Å²) in [7, 11) is 0. The van der Waals surface area contributed by atoms with Crippen molar-refractivity contribution in [2.24, 2.45) is 0 Å². The van der Waals surface area contributed by atoms with E-state index in [1.807, 2.05) is 18.2 Å². The molecule has 0 saturated carbocycles. The number of carbonyl (C=O) groups is 1. The molecule has 1 N–H and O–H groups in total. The molecule has 2 heterocycles. The predicted octanol–water partition coefficient (Wildman–Crippen LogP) is 2.21. The quantitative estimate of drug-likeness (QED) is 0.912. The van der Waals surface area contributed by atoms with E-state index < -0.39 is 5.97 Å². The lowest BCUT2D eigenvalue weighted by molar-refractivity contribution is 0.0696. The van der Waals surface area contributed by atoms with Crippen molar-refractivity contribution in [3.05, 3.63) is 58.9 Å². The van der Waals surface area contributed by atoms with Crippen molar-refractivity contribution in [3.8, 4) is 6.07 Å². The molecule has 0 unspecified atom stereocenters. The van der Waals surface area contributed by atoms with E-state index in [9.17, 15) is 4.79 Å². The zero-order valence-electron chi connectivity index (χ0n) is 11.3. The van der Waals surface area contributed by atoms with E-state index in [2.05, 4.69) is 9.88 Å². The molecule has 0 amide bonds. The summed E-state index contributed by atoms with van der Waals surface area (Å²) in [5.41, 5.74) is 3.84. The SMILES string of the molecule is N#Cc1cc(N2CCc3ccc(C(=O)O)cc3C2)ccn1. The first-order chi connectivity index (χ1) is 10.2. The highest BCUT2D eigenvalue weighted by atomic mass is 16.4. The normalized spacial score (nSPS) is 13.4. The Labute approximate surface area is 122 Å². The van der Waals surface area contributed by atoms with Crippen molar-refractivity contribution in [2.45, 2.75) is 13.0 Å². The van der Waals surface area contributed by atoms with Crippen LogP contribution in [0, 0.1) is 11.3 Å². The average Bonchev–Trinajstić information content (AvgIpc) is 2.53. The molecule has 0 spiro atoms. The summed E-state index contributed by atoms with van der Waals surface area (Å²) < 4.78 is 0. The van der Waals surface area contributed by atoms with Crippen molar-refractivity contribution in [1.82, 2.24) is 4.98 Å². The second-order valence-corrected chi connectivity index (χ2v) is 4.97. The number of nitrogens with zero attached hydrogens (tertiary/aromatic N) is 3. The molecular weight excluding hydrogens is 266 g/mol. The molecule has 0 fully saturated rings. The van der Waals surface area contributed by atoms with Crippen LogP contribution >= 0.6 is 0 Å². The van der Waals surface area contributed by atoms with Crippen LogP contribution in [0.3, 0.4) is 0 Å². The molecule has 0 atom stereocenters. The van der Waals surface area contributed by atoms with Gasteiger partial charge < -0.3 is 10.0 Å². The van der Waals surface area contributed by atoms with Crippen LogP contribution in [0.5, 0.6) is 0 Å². The highest BCUT2D eigenvalue weighted by molar-refractivity contribution is 5.88. The zero-order chi connectivity index (χ0) is 14.8.